The zero-order valence-corrected chi connectivity index (χ0v) is 33.7. The van der Waals surface area contributed by atoms with Gasteiger partial charge in [-0.3, -0.25) is 4.98 Å². The van der Waals surface area contributed by atoms with Gasteiger partial charge in [0.05, 0.1) is 17.1 Å². The second-order valence-corrected chi connectivity index (χ2v) is 14.5. The summed E-state index contributed by atoms with van der Waals surface area (Å²) >= 11 is 0. The maximum atomic E-state index is 5.00. The Morgan fingerprint density at radius 1 is 0.466 bits per heavy atom. The van der Waals surface area contributed by atoms with Crippen LogP contribution in [0.1, 0.15) is 41.8 Å². The third kappa shape index (κ3) is 9.24. The van der Waals surface area contributed by atoms with Crippen LogP contribution in [0.5, 0.6) is 0 Å². The van der Waals surface area contributed by atoms with Crippen LogP contribution in [-0.4, -0.2) is 15.0 Å². The lowest BCUT2D eigenvalue weighted by molar-refractivity contribution is 1.14. The fourth-order valence-electron chi connectivity index (χ4n) is 6.88. The maximum Gasteiger partial charge on any atom is 0.160 e. The van der Waals surface area contributed by atoms with Gasteiger partial charge >= 0.3 is 0 Å². The summed E-state index contributed by atoms with van der Waals surface area (Å²) in [6, 6.07) is 60.5. The Balaban J connectivity index is 0.000000177. The summed E-state index contributed by atoms with van der Waals surface area (Å²) in [5.41, 5.74) is 18.6. The fraction of sp³-hybridized carbons (Fsp3) is 0.0727. The quantitative estimate of drug-likeness (QED) is 0.138. The van der Waals surface area contributed by atoms with E-state index in [1.807, 2.05) is 55.6 Å². The highest BCUT2D eigenvalue weighted by molar-refractivity contribution is 5.83. The molecular weight excluding hydrogens is 703 g/mol. The molecule has 0 amide bonds. The molecule has 3 nitrogen and oxygen atoms in total. The molecule has 0 aliphatic heterocycles. The van der Waals surface area contributed by atoms with Crippen molar-refractivity contribution < 1.29 is 0 Å². The lowest BCUT2D eigenvalue weighted by atomic mass is 9.98. The minimum Gasteiger partial charge on any atom is -0.256 e. The Bertz CT molecular complexity index is 2680. The Labute approximate surface area is 343 Å². The number of hydrogen-bond donors (Lipinski definition) is 0. The van der Waals surface area contributed by atoms with Crippen LogP contribution in [-0.2, 0) is 0 Å². The van der Waals surface area contributed by atoms with Crippen LogP contribution >= 0.6 is 0 Å². The molecule has 0 saturated carbocycles. The number of rotatable bonds is 9. The first-order chi connectivity index (χ1) is 28.2. The first-order valence-electron chi connectivity index (χ1n) is 19.6. The fourth-order valence-corrected chi connectivity index (χ4v) is 6.88. The van der Waals surface area contributed by atoms with Crippen molar-refractivity contribution in [1.29, 1.82) is 0 Å². The summed E-state index contributed by atoms with van der Waals surface area (Å²) in [5.74, 6) is 0.737. The summed E-state index contributed by atoms with van der Waals surface area (Å²) in [6.07, 6.45) is 4.03. The van der Waals surface area contributed by atoms with Crippen LogP contribution in [0.25, 0.3) is 72.9 Å². The van der Waals surface area contributed by atoms with E-state index in [0.29, 0.717) is 0 Å². The number of pyridine rings is 1. The molecule has 0 N–H and O–H groups in total. The molecule has 6 aromatic carbocycles. The number of nitrogens with zero attached hydrogens (tertiary/aromatic N) is 3. The van der Waals surface area contributed by atoms with Crippen LogP contribution in [0.3, 0.4) is 0 Å². The van der Waals surface area contributed by atoms with Crippen molar-refractivity contribution in [3.63, 3.8) is 0 Å². The molecule has 3 heteroatoms. The molecule has 58 heavy (non-hydrogen) atoms. The lowest BCUT2D eigenvalue weighted by Gasteiger charge is -2.15. The molecule has 0 fully saturated rings. The lowest BCUT2D eigenvalue weighted by Crippen LogP contribution is -2.01. The Hall–Kier alpha value is -7.23. The predicted octanol–water partition coefficient (Wildman–Crippen LogP) is 14.7. The van der Waals surface area contributed by atoms with E-state index >= 15 is 0 Å². The molecule has 0 unspecified atom stereocenters. The Morgan fingerprint density at radius 3 is 1.52 bits per heavy atom. The second kappa shape index (κ2) is 18.1. The van der Waals surface area contributed by atoms with Gasteiger partial charge < -0.3 is 0 Å². The van der Waals surface area contributed by atoms with Gasteiger partial charge in [0.2, 0.25) is 0 Å². The van der Waals surface area contributed by atoms with Crippen molar-refractivity contribution >= 4 is 16.7 Å². The van der Waals surface area contributed by atoms with Crippen molar-refractivity contribution in [2.24, 2.45) is 0 Å². The van der Waals surface area contributed by atoms with Crippen molar-refractivity contribution in [2.45, 2.75) is 27.7 Å². The van der Waals surface area contributed by atoms with E-state index in [1.165, 1.54) is 22.3 Å². The third-order valence-electron chi connectivity index (χ3n) is 10.3. The van der Waals surface area contributed by atoms with Crippen molar-refractivity contribution in [2.75, 3.05) is 0 Å². The standard InChI is InChI=1S/C28H23N.C27H24N2/c1-21(23-13-15-26(16-14-23)24-9-5-3-6-10-24)19-22(2)28-18-17-27(20-29-28)25-11-7-4-8-12-25;1-18(2)21-14-16-23(17-15-21)27-28-25(22-11-6-5-7-12-22)20(4)26(29-27)24-13-9-8-10-19(24)3/h3-20H,1H2,2H3;5-17H,1H2,2-4H3/b22-19+;. The van der Waals surface area contributed by atoms with Crippen molar-refractivity contribution in [3.8, 4) is 56.2 Å². The van der Waals surface area contributed by atoms with Crippen LogP contribution in [0.15, 0.2) is 201 Å². The van der Waals surface area contributed by atoms with E-state index in [1.54, 1.807) is 0 Å². The van der Waals surface area contributed by atoms with Gasteiger partial charge in [0, 0.05) is 34.0 Å². The summed E-state index contributed by atoms with van der Waals surface area (Å²) in [4.78, 5) is 14.6. The average Bonchev–Trinajstić information content (AvgIpc) is 3.28. The second-order valence-electron chi connectivity index (χ2n) is 14.5. The number of aryl methyl sites for hydroxylation is 1. The zero-order valence-electron chi connectivity index (χ0n) is 33.7. The number of aromatic nitrogens is 3. The number of allylic oxidation sites excluding steroid dienone is 4. The summed E-state index contributed by atoms with van der Waals surface area (Å²) in [6.45, 7) is 16.6. The molecule has 0 atom stereocenters. The Kier molecular flexibility index (Phi) is 12.2. The largest absolute Gasteiger partial charge is 0.256 e. The molecule has 8 rings (SSSR count). The molecular formula is C55H47N3. The van der Waals surface area contributed by atoms with E-state index in [9.17, 15) is 0 Å². The van der Waals surface area contributed by atoms with Gasteiger partial charge in [0.25, 0.3) is 0 Å². The molecule has 0 spiro atoms. The molecule has 0 aliphatic rings. The van der Waals surface area contributed by atoms with E-state index in [0.717, 1.165) is 78.6 Å². The molecule has 2 heterocycles. The molecule has 282 valence electrons. The van der Waals surface area contributed by atoms with Gasteiger partial charge in [-0.2, -0.15) is 0 Å². The first kappa shape index (κ1) is 39.0. The molecule has 0 bridgehead atoms. The summed E-state index contributed by atoms with van der Waals surface area (Å²) in [7, 11) is 0. The minimum atomic E-state index is 0.737. The van der Waals surface area contributed by atoms with Crippen LogP contribution in [0, 0.1) is 13.8 Å². The van der Waals surface area contributed by atoms with Gasteiger partial charge in [0.15, 0.2) is 5.82 Å². The minimum absolute atomic E-state index is 0.737. The highest BCUT2D eigenvalue weighted by Gasteiger charge is 2.16. The topological polar surface area (TPSA) is 38.7 Å². The van der Waals surface area contributed by atoms with Gasteiger partial charge in [-0.05, 0) is 84.4 Å². The predicted molar refractivity (Wildman–Crippen MR) is 247 cm³/mol. The maximum absolute atomic E-state index is 5.00. The summed E-state index contributed by atoms with van der Waals surface area (Å²) in [5, 5.41) is 0. The highest BCUT2D eigenvalue weighted by atomic mass is 14.9. The van der Waals surface area contributed by atoms with E-state index in [2.05, 4.69) is 178 Å². The Morgan fingerprint density at radius 2 is 0.948 bits per heavy atom. The van der Waals surface area contributed by atoms with Crippen LogP contribution in [0.4, 0.5) is 0 Å². The summed E-state index contributed by atoms with van der Waals surface area (Å²) < 4.78 is 0. The normalized spacial score (nSPS) is 11.0. The van der Waals surface area contributed by atoms with Crippen molar-refractivity contribution in [1.82, 2.24) is 15.0 Å². The number of benzene rings is 6. The van der Waals surface area contributed by atoms with E-state index < -0.39 is 0 Å². The molecule has 0 saturated heterocycles. The first-order valence-corrected chi connectivity index (χ1v) is 19.6. The highest BCUT2D eigenvalue weighted by Crippen LogP contribution is 2.34. The molecule has 0 aliphatic carbocycles. The molecule has 0 radical (unpaired) electrons. The van der Waals surface area contributed by atoms with Gasteiger partial charge in [-0.1, -0.05) is 189 Å². The van der Waals surface area contributed by atoms with Crippen molar-refractivity contribution in [3.05, 3.63) is 229 Å². The zero-order chi connectivity index (χ0) is 40.4. The third-order valence-corrected chi connectivity index (χ3v) is 10.3. The number of hydrogen-bond acceptors (Lipinski definition) is 3. The van der Waals surface area contributed by atoms with Gasteiger partial charge in [-0.25, -0.2) is 9.97 Å². The molecule has 2 aromatic heterocycles. The molecule has 8 aromatic rings. The van der Waals surface area contributed by atoms with E-state index in [-0.39, 0.29) is 0 Å². The average molecular weight is 750 g/mol. The van der Waals surface area contributed by atoms with Crippen LogP contribution in [0.2, 0.25) is 0 Å². The van der Waals surface area contributed by atoms with Gasteiger partial charge in [0.1, 0.15) is 0 Å². The smallest absolute Gasteiger partial charge is 0.160 e. The van der Waals surface area contributed by atoms with E-state index in [4.69, 9.17) is 9.97 Å². The SMILES string of the molecule is C=C(/C=C(\C)c1ccc(-c2ccccc2)cn1)c1ccc(-c2ccccc2)cc1.C=C(C)c1ccc(-c2nc(-c3ccccc3)c(C)c(-c3ccccc3C)n2)cc1. The van der Waals surface area contributed by atoms with Gasteiger partial charge in [-0.15, -0.1) is 0 Å². The monoisotopic (exact) mass is 749 g/mol. The van der Waals surface area contributed by atoms with Crippen LogP contribution < -0.4 is 0 Å².